The van der Waals surface area contributed by atoms with Gasteiger partial charge in [-0.05, 0) is 32.6 Å². The maximum atomic E-state index is 12.6. The van der Waals surface area contributed by atoms with E-state index in [1.807, 2.05) is 13.8 Å². The van der Waals surface area contributed by atoms with E-state index in [2.05, 4.69) is 15.3 Å². The predicted molar refractivity (Wildman–Crippen MR) is 100 cm³/mol. The SMILES string of the molecule is CCCN(CCC(=O)NCC[NH+]1CCCCC1)C(=O)c1cnc(C)cn1. The summed E-state index contributed by atoms with van der Waals surface area (Å²) in [6.45, 7) is 8.99. The third-order valence-corrected chi connectivity index (χ3v) is 4.75. The number of likely N-dealkylation sites (tertiary alicyclic amines) is 1. The van der Waals surface area contributed by atoms with E-state index < -0.39 is 0 Å². The molecule has 1 fully saturated rings. The number of piperidine rings is 1. The van der Waals surface area contributed by atoms with Gasteiger partial charge < -0.3 is 15.1 Å². The number of carbonyl (C=O) groups excluding carboxylic acids is 2. The molecule has 1 saturated heterocycles. The van der Waals surface area contributed by atoms with Crippen LogP contribution in [0.15, 0.2) is 12.4 Å². The number of hydrogen-bond acceptors (Lipinski definition) is 4. The minimum atomic E-state index is -0.162. The molecular weight excluding hydrogens is 330 g/mol. The summed E-state index contributed by atoms with van der Waals surface area (Å²) in [5.74, 6) is -0.157. The van der Waals surface area contributed by atoms with Gasteiger partial charge in [-0.25, -0.2) is 4.98 Å². The van der Waals surface area contributed by atoms with Crippen LogP contribution in [-0.2, 0) is 4.79 Å². The van der Waals surface area contributed by atoms with Crippen LogP contribution in [0.2, 0.25) is 0 Å². The van der Waals surface area contributed by atoms with Crippen LogP contribution in [0.1, 0.15) is 55.2 Å². The molecule has 2 rings (SSSR count). The number of rotatable bonds is 9. The second-order valence-corrected chi connectivity index (χ2v) is 7.00. The van der Waals surface area contributed by atoms with Gasteiger partial charge in [0.25, 0.3) is 5.91 Å². The number of aromatic nitrogens is 2. The molecule has 7 heteroatoms. The zero-order chi connectivity index (χ0) is 18.8. The summed E-state index contributed by atoms with van der Waals surface area (Å²) in [4.78, 5) is 36.2. The molecule has 1 aromatic heterocycles. The summed E-state index contributed by atoms with van der Waals surface area (Å²) in [6.07, 6.45) is 8.17. The van der Waals surface area contributed by atoms with Crippen LogP contribution in [0.25, 0.3) is 0 Å². The first-order valence-electron chi connectivity index (χ1n) is 9.78. The summed E-state index contributed by atoms with van der Waals surface area (Å²) in [7, 11) is 0. The molecule has 0 spiro atoms. The van der Waals surface area contributed by atoms with Crippen LogP contribution in [0.4, 0.5) is 0 Å². The Balaban J connectivity index is 1.74. The summed E-state index contributed by atoms with van der Waals surface area (Å²) in [6, 6.07) is 0. The Hall–Kier alpha value is -2.02. The predicted octanol–water partition coefficient (Wildman–Crippen LogP) is 0.212. The van der Waals surface area contributed by atoms with E-state index in [0.29, 0.717) is 31.7 Å². The van der Waals surface area contributed by atoms with Gasteiger partial charge >= 0.3 is 0 Å². The van der Waals surface area contributed by atoms with Crippen molar-refractivity contribution >= 4 is 11.8 Å². The highest BCUT2D eigenvalue weighted by Gasteiger charge is 2.18. The van der Waals surface area contributed by atoms with Crippen molar-refractivity contribution in [1.29, 1.82) is 0 Å². The zero-order valence-corrected chi connectivity index (χ0v) is 16.1. The van der Waals surface area contributed by atoms with Crippen LogP contribution in [0, 0.1) is 6.92 Å². The molecule has 0 aromatic carbocycles. The molecule has 1 aliphatic heterocycles. The van der Waals surface area contributed by atoms with Crippen molar-refractivity contribution in [2.75, 3.05) is 39.3 Å². The van der Waals surface area contributed by atoms with Gasteiger partial charge in [0.2, 0.25) is 5.91 Å². The molecule has 0 bridgehead atoms. The largest absolute Gasteiger partial charge is 0.350 e. The van der Waals surface area contributed by atoms with E-state index in [0.717, 1.165) is 18.7 Å². The molecule has 26 heavy (non-hydrogen) atoms. The van der Waals surface area contributed by atoms with E-state index in [1.165, 1.54) is 38.5 Å². The molecule has 7 nitrogen and oxygen atoms in total. The fraction of sp³-hybridized carbons (Fsp3) is 0.684. The second kappa shape index (κ2) is 10.9. The highest BCUT2D eigenvalue weighted by Crippen LogP contribution is 2.04. The van der Waals surface area contributed by atoms with Crippen LogP contribution < -0.4 is 10.2 Å². The van der Waals surface area contributed by atoms with Crippen molar-refractivity contribution < 1.29 is 14.5 Å². The van der Waals surface area contributed by atoms with Gasteiger partial charge in [0.05, 0.1) is 38.1 Å². The standard InChI is InChI=1S/C19H31N5O2/c1-3-9-24(19(26)17-15-21-16(2)14-22-17)12-7-18(25)20-8-13-23-10-5-4-6-11-23/h14-15H,3-13H2,1-2H3,(H,20,25)/p+1. The number of carbonyl (C=O) groups is 2. The number of aryl methyl sites for hydroxylation is 1. The Bertz CT molecular complexity index is 570. The summed E-state index contributed by atoms with van der Waals surface area (Å²) in [5.41, 5.74) is 1.11. The zero-order valence-electron chi connectivity index (χ0n) is 16.1. The van der Waals surface area contributed by atoms with Crippen LogP contribution in [-0.4, -0.2) is 66.0 Å². The van der Waals surface area contributed by atoms with Gasteiger partial charge in [-0.1, -0.05) is 6.92 Å². The first-order chi connectivity index (χ1) is 12.6. The number of nitrogens with zero attached hydrogens (tertiary/aromatic N) is 3. The lowest BCUT2D eigenvalue weighted by atomic mass is 10.1. The lowest BCUT2D eigenvalue weighted by Crippen LogP contribution is -3.13. The Kier molecular flexibility index (Phi) is 8.47. The van der Waals surface area contributed by atoms with Gasteiger partial charge in [-0.3, -0.25) is 14.6 Å². The molecule has 1 aliphatic rings. The van der Waals surface area contributed by atoms with Crippen molar-refractivity contribution in [3.63, 3.8) is 0 Å². The van der Waals surface area contributed by atoms with Crippen molar-refractivity contribution in [2.45, 2.75) is 46.0 Å². The highest BCUT2D eigenvalue weighted by atomic mass is 16.2. The second-order valence-electron chi connectivity index (χ2n) is 7.00. The molecule has 2 heterocycles. The van der Waals surface area contributed by atoms with Crippen LogP contribution in [0.5, 0.6) is 0 Å². The van der Waals surface area contributed by atoms with E-state index in [1.54, 1.807) is 16.0 Å². The lowest BCUT2D eigenvalue weighted by Gasteiger charge is -2.24. The number of nitrogens with one attached hydrogen (secondary N) is 2. The number of quaternary nitrogens is 1. The Labute approximate surface area is 156 Å². The first kappa shape index (κ1) is 20.3. The summed E-state index contributed by atoms with van der Waals surface area (Å²) in [5, 5.41) is 2.99. The maximum Gasteiger partial charge on any atom is 0.274 e. The normalized spacial score (nSPS) is 14.8. The third kappa shape index (κ3) is 6.71. The Morgan fingerprint density at radius 1 is 1.15 bits per heavy atom. The highest BCUT2D eigenvalue weighted by molar-refractivity contribution is 5.92. The number of amides is 2. The molecule has 1 aromatic rings. The molecule has 0 radical (unpaired) electrons. The molecule has 0 atom stereocenters. The van der Waals surface area contributed by atoms with Gasteiger partial charge in [0.15, 0.2) is 0 Å². The van der Waals surface area contributed by atoms with E-state index in [4.69, 9.17) is 0 Å². The minimum Gasteiger partial charge on any atom is -0.350 e. The number of hydrogen-bond donors (Lipinski definition) is 2. The molecule has 0 unspecified atom stereocenters. The van der Waals surface area contributed by atoms with Crippen LogP contribution in [0.3, 0.4) is 0 Å². The fourth-order valence-corrected chi connectivity index (χ4v) is 3.26. The molecule has 2 N–H and O–H groups in total. The quantitative estimate of drug-likeness (QED) is 0.658. The van der Waals surface area contributed by atoms with Crippen molar-refractivity contribution in [1.82, 2.24) is 20.2 Å². The smallest absolute Gasteiger partial charge is 0.274 e. The van der Waals surface area contributed by atoms with Crippen molar-refractivity contribution in [3.8, 4) is 0 Å². The molecule has 144 valence electrons. The lowest BCUT2D eigenvalue weighted by molar-refractivity contribution is -0.903. The third-order valence-electron chi connectivity index (χ3n) is 4.75. The van der Waals surface area contributed by atoms with E-state index >= 15 is 0 Å². The average molecular weight is 362 g/mol. The van der Waals surface area contributed by atoms with Crippen LogP contribution >= 0.6 is 0 Å². The summed E-state index contributed by atoms with van der Waals surface area (Å²) < 4.78 is 0. The van der Waals surface area contributed by atoms with Gasteiger partial charge in [-0.2, -0.15) is 0 Å². The minimum absolute atomic E-state index is 0.00491. The molecule has 0 aliphatic carbocycles. The maximum absolute atomic E-state index is 12.6. The van der Waals surface area contributed by atoms with Gasteiger partial charge in [-0.15, -0.1) is 0 Å². The molecule has 0 saturated carbocycles. The summed E-state index contributed by atoms with van der Waals surface area (Å²) >= 11 is 0. The Morgan fingerprint density at radius 2 is 1.92 bits per heavy atom. The Morgan fingerprint density at radius 3 is 2.58 bits per heavy atom. The topological polar surface area (TPSA) is 79.6 Å². The average Bonchev–Trinajstić information content (AvgIpc) is 2.66. The monoisotopic (exact) mass is 362 g/mol. The first-order valence-corrected chi connectivity index (χ1v) is 9.78. The van der Waals surface area contributed by atoms with E-state index in [9.17, 15) is 9.59 Å². The van der Waals surface area contributed by atoms with E-state index in [-0.39, 0.29) is 11.8 Å². The van der Waals surface area contributed by atoms with Gasteiger partial charge in [0, 0.05) is 25.7 Å². The van der Waals surface area contributed by atoms with Crippen molar-refractivity contribution in [3.05, 3.63) is 23.8 Å². The van der Waals surface area contributed by atoms with Crippen molar-refractivity contribution in [2.24, 2.45) is 0 Å². The van der Waals surface area contributed by atoms with Gasteiger partial charge in [0.1, 0.15) is 5.69 Å². The molecule has 2 amide bonds. The molecular formula is C19H32N5O2+. The fourth-order valence-electron chi connectivity index (χ4n) is 3.26.